The summed E-state index contributed by atoms with van der Waals surface area (Å²) in [4.78, 5) is 17.4. The molecule has 3 heterocycles. The Morgan fingerprint density at radius 2 is 2.05 bits per heavy atom. The van der Waals surface area contributed by atoms with E-state index in [1.54, 1.807) is 6.33 Å². The lowest BCUT2D eigenvalue weighted by Gasteiger charge is -2.36. The van der Waals surface area contributed by atoms with E-state index >= 15 is 0 Å². The van der Waals surface area contributed by atoms with Gasteiger partial charge >= 0.3 is 0 Å². The number of nitrogens with zero attached hydrogens (tertiary/aromatic N) is 6. The molecule has 0 bridgehead atoms. The Labute approximate surface area is 130 Å². The molecule has 0 amide bonds. The maximum absolute atomic E-state index is 5.19. The summed E-state index contributed by atoms with van der Waals surface area (Å²) in [5.41, 5.74) is 1.00. The van der Waals surface area contributed by atoms with E-state index in [1.807, 2.05) is 19.9 Å². The average molecular weight is 302 g/mol. The molecule has 1 aliphatic rings. The molecule has 0 saturated carbocycles. The fraction of sp³-hybridized carbons (Fsp3) is 0.600. The quantitative estimate of drug-likeness (QED) is 0.849. The fourth-order valence-electron chi connectivity index (χ4n) is 2.88. The molecule has 2 aromatic rings. The Morgan fingerprint density at radius 3 is 2.68 bits per heavy atom. The van der Waals surface area contributed by atoms with Gasteiger partial charge in [0.25, 0.3) is 0 Å². The standard InChI is InChI=1S/C15H22N6O/c1-11-8-14(17-10-16-11)20(3)13-4-6-21(7-5-13)9-15-18-12(2)19-22-15/h8,10,13H,4-7,9H2,1-3H3. The van der Waals surface area contributed by atoms with Crippen LogP contribution in [-0.4, -0.2) is 51.2 Å². The van der Waals surface area contributed by atoms with Crippen LogP contribution in [0.25, 0.3) is 0 Å². The Bertz CT molecular complexity index is 620. The smallest absolute Gasteiger partial charge is 0.240 e. The third-order valence-electron chi connectivity index (χ3n) is 4.18. The lowest BCUT2D eigenvalue weighted by Crippen LogP contribution is -2.43. The van der Waals surface area contributed by atoms with Crippen LogP contribution in [0.1, 0.15) is 30.3 Å². The topological polar surface area (TPSA) is 71.2 Å². The van der Waals surface area contributed by atoms with Crippen LogP contribution in [0, 0.1) is 13.8 Å². The number of likely N-dealkylation sites (tertiary alicyclic amines) is 1. The molecule has 118 valence electrons. The predicted octanol–water partition coefficient (Wildman–Crippen LogP) is 1.58. The zero-order valence-electron chi connectivity index (χ0n) is 13.4. The van der Waals surface area contributed by atoms with Crippen molar-refractivity contribution in [2.75, 3.05) is 25.0 Å². The van der Waals surface area contributed by atoms with Gasteiger partial charge in [0.15, 0.2) is 5.82 Å². The normalized spacial score (nSPS) is 16.9. The zero-order chi connectivity index (χ0) is 15.5. The summed E-state index contributed by atoms with van der Waals surface area (Å²) in [6.45, 7) is 6.64. The van der Waals surface area contributed by atoms with Crippen LogP contribution in [-0.2, 0) is 6.54 Å². The Balaban J connectivity index is 1.55. The Hall–Kier alpha value is -2.02. The molecule has 0 unspecified atom stereocenters. The Kier molecular flexibility index (Phi) is 4.33. The molecule has 0 N–H and O–H groups in total. The minimum atomic E-state index is 0.509. The largest absolute Gasteiger partial charge is 0.356 e. The number of rotatable bonds is 4. The van der Waals surface area contributed by atoms with Crippen LogP contribution in [0.2, 0.25) is 0 Å². The lowest BCUT2D eigenvalue weighted by atomic mass is 10.0. The van der Waals surface area contributed by atoms with Gasteiger partial charge in [-0.15, -0.1) is 0 Å². The monoisotopic (exact) mass is 302 g/mol. The van der Waals surface area contributed by atoms with Gasteiger partial charge in [-0.25, -0.2) is 9.97 Å². The van der Waals surface area contributed by atoms with E-state index < -0.39 is 0 Å². The molecule has 0 aliphatic carbocycles. The van der Waals surface area contributed by atoms with Crippen LogP contribution >= 0.6 is 0 Å². The van der Waals surface area contributed by atoms with Crippen LogP contribution in [0.5, 0.6) is 0 Å². The summed E-state index contributed by atoms with van der Waals surface area (Å²) >= 11 is 0. The molecule has 7 nitrogen and oxygen atoms in total. The number of anilines is 1. The number of aryl methyl sites for hydroxylation is 2. The molecule has 0 atom stereocenters. The van der Waals surface area contributed by atoms with Crippen molar-refractivity contribution in [2.24, 2.45) is 0 Å². The first kappa shape index (κ1) is 14.9. The van der Waals surface area contributed by atoms with Crippen molar-refractivity contribution < 1.29 is 4.52 Å². The van der Waals surface area contributed by atoms with Crippen LogP contribution < -0.4 is 4.90 Å². The second-order valence-corrected chi connectivity index (χ2v) is 5.87. The van der Waals surface area contributed by atoms with Gasteiger partial charge in [0.05, 0.1) is 6.54 Å². The van der Waals surface area contributed by atoms with Crippen LogP contribution in [0.4, 0.5) is 5.82 Å². The van der Waals surface area contributed by atoms with Gasteiger partial charge in [0.2, 0.25) is 5.89 Å². The molecular weight excluding hydrogens is 280 g/mol. The van der Waals surface area contributed by atoms with Crippen molar-refractivity contribution in [1.82, 2.24) is 25.0 Å². The summed E-state index contributed by atoms with van der Waals surface area (Å²) in [7, 11) is 2.11. The van der Waals surface area contributed by atoms with E-state index in [0.717, 1.165) is 44.0 Å². The SMILES string of the molecule is Cc1cc(N(C)C2CCN(Cc3nc(C)no3)CC2)ncn1. The number of hydrogen-bond acceptors (Lipinski definition) is 7. The summed E-state index contributed by atoms with van der Waals surface area (Å²) in [5.74, 6) is 2.40. The molecule has 1 fully saturated rings. The van der Waals surface area contributed by atoms with Gasteiger partial charge in [-0.05, 0) is 26.7 Å². The second kappa shape index (κ2) is 6.39. The van der Waals surface area contributed by atoms with Gasteiger partial charge < -0.3 is 9.42 Å². The first-order chi connectivity index (χ1) is 10.6. The molecule has 0 aromatic carbocycles. The maximum Gasteiger partial charge on any atom is 0.240 e. The van der Waals surface area contributed by atoms with Crippen molar-refractivity contribution in [3.05, 3.63) is 29.8 Å². The van der Waals surface area contributed by atoms with E-state index in [1.165, 1.54) is 0 Å². The highest BCUT2D eigenvalue weighted by Crippen LogP contribution is 2.21. The number of piperidine rings is 1. The van der Waals surface area contributed by atoms with Crippen LogP contribution in [0.15, 0.2) is 16.9 Å². The molecule has 7 heteroatoms. The first-order valence-corrected chi connectivity index (χ1v) is 7.65. The van der Waals surface area contributed by atoms with Crippen molar-refractivity contribution in [2.45, 2.75) is 39.3 Å². The lowest BCUT2D eigenvalue weighted by molar-refractivity contribution is 0.180. The summed E-state index contributed by atoms with van der Waals surface area (Å²) in [6.07, 6.45) is 3.84. The highest BCUT2D eigenvalue weighted by Gasteiger charge is 2.24. The molecule has 0 spiro atoms. The van der Waals surface area contributed by atoms with Gasteiger partial charge in [-0.2, -0.15) is 4.98 Å². The van der Waals surface area contributed by atoms with Gasteiger partial charge in [0.1, 0.15) is 12.1 Å². The Morgan fingerprint density at radius 1 is 1.27 bits per heavy atom. The van der Waals surface area contributed by atoms with Crippen molar-refractivity contribution in [3.8, 4) is 0 Å². The van der Waals surface area contributed by atoms with Crippen LogP contribution in [0.3, 0.4) is 0 Å². The number of aromatic nitrogens is 4. The first-order valence-electron chi connectivity index (χ1n) is 7.65. The third-order valence-corrected chi connectivity index (χ3v) is 4.18. The summed E-state index contributed by atoms with van der Waals surface area (Å²) in [6, 6.07) is 2.54. The minimum Gasteiger partial charge on any atom is -0.356 e. The average Bonchev–Trinajstić information content (AvgIpc) is 2.92. The predicted molar refractivity (Wildman–Crippen MR) is 82.5 cm³/mol. The van der Waals surface area contributed by atoms with Crippen molar-refractivity contribution in [3.63, 3.8) is 0 Å². The third kappa shape index (κ3) is 3.41. The highest BCUT2D eigenvalue weighted by atomic mass is 16.5. The molecule has 0 radical (unpaired) electrons. The van der Waals surface area contributed by atoms with E-state index in [9.17, 15) is 0 Å². The van der Waals surface area contributed by atoms with E-state index in [-0.39, 0.29) is 0 Å². The zero-order valence-corrected chi connectivity index (χ0v) is 13.4. The van der Waals surface area contributed by atoms with E-state index in [2.05, 4.69) is 37.0 Å². The molecular formula is C15H22N6O. The van der Waals surface area contributed by atoms with Gasteiger partial charge in [-0.1, -0.05) is 5.16 Å². The molecule has 2 aromatic heterocycles. The van der Waals surface area contributed by atoms with Gasteiger partial charge in [0, 0.05) is 37.9 Å². The summed E-state index contributed by atoms with van der Waals surface area (Å²) in [5, 5.41) is 3.84. The molecule has 3 rings (SSSR count). The molecule has 1 saturated heterocycles. The molecule has 1 aliphatic heterocycles. The van der Waals surface area contributed by atoms with E-state index in [0.29, 0.717) is 17.8 Å². The minimum absolute atomic E-state index is 0.509. The fourth-order valence-corrected chi connectivity index (χ4v) is 2.88. The second-order valence-electron chi connectivity index (χ2n) is 5.87. The maximum atomic E-state index is 5.19. The highest BCUT2D eigenvalue weighted by molar-refractivity contribution is 5.39. The van der Waals surface area contributed by atoms with E-state index in [4.69, 9.17) is 4.52 Å². The summed E-state index contributed by atoms with van der Waals surface area (Å²) < 4.78 is 5.19. The van der Waals surface area contributed by atoms with Crippen molar-refractivity contribution >= 4 is 5.82 Å². The van der Waals surface area contributed by atoms with Gasteiger partial charge in [-0.3, -0.25) is 4.90 Å². The molecule has 22 heavy (non-hydrogen) atoms. The van der Waals surface area contributed by atoms with Crippen molar-refractivity contribution in [1.29, 1.82) is 0 Å². The number of hydrogen-bond donors (Lipinski definition) is 0.